The van der Waals surface area contributed by atoms with Crippen molar-refractivity contribution in [3.05, 3.63) is 29.6 Å². The Morgan fingerprint density at radius 1 is 1.69 bits per heavy atom. The molecule has 0 fully saturated rings. The molecule has 0 aromatic heterocycles. The molecule has 1 atom stereocenters. The molecule has 0 saturated carbocycles. The normalized spacial score (nSPS) is 11.6. The summed E-state index contributed by atoms with van der Waals surface area (Å²) in [5, 5.41) is 17.5. The summed E-state index contributed by atoms with van der Waals surface area (Å²) in [5.41, 5.74) is -0.00472. The molecule has 84 valence electrons. The van der Waals surface area contributed by atoms with E-state index in [1.54, 1.807) is 6.07 Å². The first-order valence-electron chi connectivity index (χ1n) is 4.54. The molecule has 0 radical (unpaired) electrons. The molecule has 1 N–H and O–H groups in total. The van der Waals surface area contributed by atoms with E-state index < -0.39 is 24.1 Å². The van der Waals surface area contributed by atoms with Gasteiger partial charge in [0.05, 0.1) is 25.5 Å². The van der Waals surface area contributed by atoms with E-state index in [0.29, 0.717) is 0 Å². The van der Waals surface area contributed by atoms with Crippen LogP contribution in [0.15, 0.2) is 18.2 Å². The van der Waals surface area contributed by atoms with Crippen LogP contribution in [-0.4, -0.2) is 18.2 Å². The third-order valence-corrected chi connectivity index (χ3v) is 2.12. The van der Waals surface area contributed by atoms with Gasteiger partial charge in [0.2, 0.25) is 0 Å². The van der Waals surface area contributed by atoms with Gasteiger partial charge in [-0.3, -0.25) is 4.79 Å². The highest BCUT2D eigenvalue weighted by Crippen LogP contribution is 2.30. The molecule has 1 aromatic carbocycles. The first-order valence-corrected chi connectivity index (χ1v) is 4.54. The van der Waals surface area contributed by atoms with Gasteiger partial charge in [-0.05, 0) is 12.1 Å². The summed E-state index contributed by atoms with van der Waals surface area (Å²) in [7, 11) is 1.34. The van der Waals surface area contributed by atoms with Gasteiger partial charge in [-0.25, -0.2) is 4.39 Å². The highest BCUT2D eigenvalue weighted by Gasteiger charge is 2.22. The quantitative estimate of drug-likeness (QED) is 0.846. The number of carboxylic acid groups (broad SMARTS) is 1. The lowest BCUT2D eigenvalue weighted by Crippen LogP contribution is -2.08. The lowest BCUT2D eigenvalue weighted by atomic mass is 9.96. The first-order chi connectivity index (χ1) is 7.60. The minimum Gasteiger partial charge on any atom is -0.496 e. The smallest absolute Gasteiger partial charge is 0.305 e. The van der Waals surface area contributed by atoms with Gasteiger partial charge in [0.1, 0.15) is 11.6 Å². The molecule has 1 unspecified atom stereocenters. The fourth-order valence-corrected chi connectivity index (χ4v) is 1.42. The molecule has 0 aliphatic heterocycles. The van der Waals surface area contributed by atoms with Gasteiger partial charge in [-0.1, -0.05) is 6.07 Å². The van der Waals surface area contributed by atoms with Gasteiger partial charge >= 0.3 is 5.97 Å². The average molecular weight is 223 g/mol. The molecular weight excluding hydrogens is 213 g/mol. The summed E-state index contributed by atoms with van der Waals surface area (Å²) in [5.74, 6) is -2.65. The van der Waals surface area contributed by atoms with Crippen molar-refractivity contribution in [2.45, 2.75) is 12.3 Å². The predicted octanol–water partition coefficient (Wildman–Crippen LogP) is 1.92. The number of nitriles is 1. The second-order valence-electron chi connectivity index (χ2n) is 3.14. The van der Waals surface area contributed by atoms with Crippen molar-refractivity contribution in [3.8, 4) is 11.8 Å². The van der Waals surface area contributed by atoms with E-state index in [-0.39, 0.29) is 11.3 Å². The summed E-state index contributed by atoms with van der Waals surface area (Å²) >= 11 is 0. The minimum atomic E-state index is -1.16. The second kappa shape index (κ2) is 5.12. The number of nitrogens with zero attached hydrogens (tertiary/aromatic N) is 1. The molecule has 0 spiro atoms. The SMILES string of the molecule is COc1cccc(F)c1C(C#N)CC(=O)O. The van der Waals surface area contributed by atoms with Crippen molar-refractivity contribution < 1.29 is 19.0 Å². The van der Waals surface area contributed by atoms with E-state index in [2.05, 4.69) is 0 Å². The van der Waals surface area contributed by atoms with Gasteiger partial charge in [0.15, 0.2) is 0 Å². The zero-order valence-corrected chi connectivity index (χ0v) is 8.61. The Hall–Kier alpha value is -2.09. The Kier molecular flexibility index (Phi) is 3.84. The van der Waals surface area contributed by atoms with Crippen molar-refractivity contribution in [1.82, 2.24) is 0 Å². The van der Waals surface area contributed by atoms with E-state index in [0.717, 1.165) is 0 Å². The monoisotopic (exact) mass is 223 g/mol. The third kappa shape index (κ3) is 2.48. The van der Waals surface area contributed by atoms with Gasteiger partial charge < -0.3 is 9.84 Å². The standard InChI is InChI=1S/C11H10FNO3/c1-16-9-4-2-3-8(12)11(9)7(6-13)5-10(14)15/h2-4,7H,5H2,1H3,(H,14,15). The van der Waals surface area contributed by atoms with Crippen molar-refractivity contribution in [2.75, 3.05) is 7.11 Å². The van der Waals surface area contributed by atoms with Crippen molar-refractivity contribution in [3.63, 3.8) is 0 Å². The van der Waals surface area contributed by atoms with Gasteiger partial charge in [0, 0.05) is 5.56 Å². The summed E-state index contributed by atoms with van der Waals surface area (Å²) in [6.45, 7) is 0. The van der Waals surface area contributed by atoms with Crippen LogP contribution in [0.3, 0.4) is 0 Å². The highest BCUT2D eigenvalue weighted by atomic mass is 19.1. The maximum Gasteiger partial charge on any atom is 0.305 e. The molecular formula is C11H10FNO3. The molecule has 5 heteroatoms. The lowest BCUT2D eigenvalue weighted by molar-refractivity contribution is -0.137. The molecule has 16 heavy (non-hydrogen) atoms. The zero-order chi connectivity index (χ0) is 12.1. The Bertz CT molecular complexity index is 439. The largest absolute Gasteiger partial charge is 0.496 e. The van der Waals surface area contributed by atoms with Crippen LogP contribution >= 0.6 is 0 Å². The van der Waals surface area contributed by atoms with Crippen molar-refractivity contribution >= 4 is 5.97 Å². The molecule has 4 nitrogen and oxygen atoms in total. The van der Waals surface area contributed by atoms with Gasteiger partial charge in [0.25, 0.3) is 0 Å². The highest BCUT2D eigenvalue weighted by molar-refractivity contribution is 5.69. The summed E-state index contributed by atoms with van der Waals surface area (Å²) in [4.78, 5) is 10.5. The Morgan fingerprint density at radius 3 is 2.88 bits per heavy atom. The predicted molar refractivity (Wildman–Crippen MR) is 53.6 cm³/mol. The van der Waals surface area contributed by atoms with Crippen LogP contribution in [0.25, 0.3) is 0 Å². The minimum absolute atomic E-state index is 0.00472. The number of carbonyl (C=O) groups is 1. The van der Waals surface area contributed by atoms with E-state index in [4.69, 9.17) is 15.1 Å². The van der Waals surface area contributed by atoms with Crippen LogP contribution in [0.5, 0.6) is 5.75 Å². The molecule has 0 aliphatic rings. The number of halogens is 1. The summed E-state index contributed by atoms with van der Waals surface area (Å²) in [6.07, 6.45) is -0.451. The molecule has 0 saturated heterocycles. The number of benzene rings is 1. The Balaban J connectivity index is 3.18. The molecule has 0 heterocycles. The van der Waals surface area contributed by atoms with E-state index in [1.807, 2.05) is 0 Å². The number of hydrogen-bond donors (Lipinski definition) is 1. The third-order valence-electron chi connectivity index (χ3n) is 2.12. The average Bonchev–Trinajstić information content (AvgIpc) is 2.25. The van der Waals surface area contributed by atoms with Gasteiger partial charge in [-0.2, -0.15) is 5.26 Å². The van der Waals surface area contributed by atoms with Crippen LogP contribution in [0.4, 0.5) is 4.39 Å². The number of carboxylic acids is 1. The van der Waals surface area contributed by atoms with Crippen LogP contribution in [0.1, 0.15) is 17.9 Å². The molecule has 1 rings (SSSR count). The van der Waals surface area contributed by atoms with Crippen LogP contribution in [0, 0.1) is 17.1 Å². The van der Waals surface area contributed by atoms with E-state index in [9.17, 15) is 9.18 Å². The molecule has 0 amide bonds. The topological polar surface area (TPSA) is 70.3 Å². The fraction of sp³-hybridized carbons (Fsp3) is 0.273. The Morgan fingerprint density at radius 2 is 2.38 bits per heavy atom. The van der Waals surface area contributed by atoms with Crippen LogP contribution in [-0.2, 0) is 4.79 Å². The first kappa shape index (κ1) is 12.0. The van der Waals surface area contributed by atoms with Crippen LogP contribution < -0.4 is 4.74 Å². The summed E-state index contributed by atoms with van der Waals surface area (Å²) in [6, 6.07) is 5.86. The van der Waals surface area contributed by atoms with E-state index in [1.165, 1.54) is 25.3 Å². The molecule has 0 bridgehead atoms. The maximum atomic E-state index is 13.5. The lowest BCUT2D eigenvalue weighted by Gasteiger charge is -2.12. The zero-order valence-electron chi connectivity index (χ0n) is 8.61. The number of methoxy groups -OCH3 is 1. The fourth-order valence-electron chi connectivity index (χ4n) is 1.42. The van der Waals surface area contributed by atoms with Crippen molar-refractivity contribution in [1.29, 1.82) is 5.26 Å². The number of rotatable bonds is 4. The van der Waals surface area contributed by atoms with Crippen LogP contribution in [0.2, 0.25) is 0 Å². The molecule has 0 aliphatic carbocycles. The number of hydrogen-bond acceptors (Lipinski definition) is 3. The van der Waals surface area contributed by atoms with Crippen molar-refractivity contribution in [2.24, 2.45) is 0 Å². The maximum absolute atomic E-state index is 13.5. The second-order valence-corrected chi connectivity index (χ2v) is 3.14. The Labute approximate surface area is 91.9 Å². The summed E-state index contributed by atoms with van der Waals surface area (Å²) < 4.78 is 18.4. The number of aliphatic carboxylic acids is 1. The number of ether oxygens (including phenoxy) is 1. The molecule has 1 aromatic rings. The van der Waals surface area contributed by atoms with E-state index >= 15 is 0 Å². The van der Waals surface area contributed by atoms with Gasteiger partial charge in [-0.15, -0.1) is 0 Å².